The number of carbonyl (C=O) groups excluding carboxylic acids is 1. The maximum Gasteiger partial charge on any atom is 0.315 e. The monoisotopic (exact) mass is 461 g/mol. The highest BCUT2D eigenvalue weighted by atomic mass is 19.1. The summed E-state index contributed by atoms with van der Waals surface area (Å²) in [6, 6.07) is 7.05. The lowest BCUT2D eigenvalue weighted by atomic mass is 9.88. The van der Waals surface area contributed by atoms with Crippen molar-refractivity contribution in [3.63, 3.8) is 0 Å². The largest absolute Gasteiger partial charge is 0.379 e. The van der Waals surface area contributed by atoms with E-state index in [0.29, 0.717) is 18.4 Å². The minimum absolute atomic E-state index is 0.0604. The van der Waals surface area contributed by atoms with Crippen LogP contribution in [0.15, 0.2) is 24.3 Å². The number of morpholine rings is 1. The molecule has 0 radical (unpaired) electrons. The van der Waals surface area contributed by atoms with E-state index in [0.717, 1.165) is 78.4 Å². The van der Waals surface area contributed by atoms with Crippen molar-refractivity contribution < 1.29 is 13.9 Å². The number of amides is 2. The van der Waals surface area contributed by atoms with E-state index >= 15 is 0 Å². The van der Waals surface area contributed by atoms with Crippen LogP contribution in [0.1, 0.15) is 24.8 Å². The number of hydrogen-bond acceptors (Lipinski definition) is 5. The zero-order chi connectivity index (χ0) is 22.9. The third kappa shape index (κ3) is 7.91. The number of ether oxygens (including phenoxy) is 1. The summed E-state index contributed by atoms with van der Waals surface area (Å²) in [7, 11) is 0. The van der Waals surface area contributed by atoms with E-state index < -0.39 is 0 Å². The number of hydrogen-bond donors (Lipinski definition) is 3. The Morgan fingerprint density at radius 1 is 1.12 bits per heavy atom. The lowest BCUT2D eigenvalue weighted by Gasteiger charge is -2.39. The minimum atomic E-state index is -0.168. The van der Waals surface area contributed by atoms with Gasteiger partial charge in [-0.3, -0.25) is 4.90 Å². The maximum atomic E-state index is 13.2. The van der Waals surface area contributed by atoms with Crippen LogP contribution >= 0.6 is 0 Å². The quantitative estimate of drug-likeness (QED) is 0.550. The highest BCUT2D eigenvalue weighted by Gasteiger charge is 2.30. The van der Waals surface area contributed by atoms with Crippen molar-refractivity contribution in [2.75, 3.05) is 72.1 Å². The second kappa shape index (κ2) is 12.6. The molecule has 7 nitrogen and oxygen atoms in total. The number of halogens is 1. The van der Waals surface area contributed by atoms with E-state index in [9.17, 15) is 9.18 Å². The van der Waals surface area contributed by atoms with Crippen molar-refractivity contribution in [1.29, 1.82) is 0 Å². The Balaban J connectivity index is 1.21. The van der Waals surface area contributed by atoms with Gasteiger partial charge < -0.3 is 25.6 Å². The molecule has 4 rings (SSSR count). The Labute approximate surface area is 197 Å². The molecule has 3 atom stereocenters. The molecule has 3 fully saturated rings. The Morgan fingerprint density at radius 3 is 2.76 bits per heavy atom. The van der Waals surface area contributed by atoms with Gasteiger partial charge in [0.25, 0.3) is 0 Å². The molecule has 8 heteroatoms. The molecule has 0 aliphatic carbocycles. The average molecular weight is 462 g/mol. The van der Waals surface area contributed by atoms with E-state index in [-0.39, 0.29) is 17.9 Å². The van der Waals surface area contributed by atoms with Crippen LogP contribution in [-0.2, 0) is 11.2 Å². The van der Waals surface area contributed by atoms with Gasteiger partial charge in [0.05, 0.1) is 13.2 Å². The van der Waals surface area contributed by atoms with Crippen molar-refractivity contribution in [3.05, 3.63) is 35.6 Å². The summed E-state index contributed by atoms with van der Waals surface area (Å²) < 4.78 is 18.6. The standard InChI is InChI=1S/C25H40FN5O2/c26-23-5-3-20(4-6-23)16-21-2-1-10-31(18-21)19-22-7-8-27-17-24(22)29-25(32)28-9-11-30-12-14-33-15-13-30/h3-6,21-22,24,27H,1-2,7-19H2,(H2,28,29,32)/t21-,22-,24-/m0/s1. The van der Waals surface area contributed by atoms with E-state index in [1.165, 1.54) is 18.4 Å². The molecule has 3 aliphatic heterocycles. The molecule has 3 aliphatic rings. The summed E-state index contributed by atoms with van der Waals surface area (Å²) in [5.41, 5.74) is 1.22. The van der Waals surface area contributed by atoms with Crippen LogP contribution in [0.3, 0.4) is 0 Å². The van der Waals surface area contributed by atoms with Gasteiger partial charge >= 0.3 is 6.03 Å². The van der Waals surface area contributed by atoms with Gasteiger partial charge in [0.1, 0.15) is 5.82 Å². The lowest BCUT2D eigenvalue weighted by molar-refractivity contribution is 0.0387. The summed E-state index contributed by atoms with van der Waals surface area (Å²) in [6.07, 6.45) is 4.53. The molecule has 3 saturated heterocycles. The molecule has 2 amide bonds. The predicted octanol–water partition coefficient (Wildman–Crippen LogP) is 1.69. The number of benzene rings is 1. The summed E-state index contributed by atoms with van der Waals surface area (Å²) in [5.74, 6) is 0.903. The summed E-state index contributed by atoms with van der Waals surface area (Å²) >= 11 is 0. The van der Waals surface area contributed by atoms with Crippen molar-refractivity contribution in [1.82, 2.24) is 25.8 Å². The first kappa shape index (κ1) is 24.4. The molecule has 1 aromatic carbocycles. The number of likely N-dealkylation sites (tertiary alicyclic amines) is 1. The third-order valence-electron chi connectivity index (χ3n) is 7.29. The molecule has 0 spiro atoms. The Bertz CT molecular complexity index is 728. The lowest BCUT2D eigenvalue weighted by Crippen LogP contribution is -2.56. The summed E-state index contributed by atoms with van der Waals surface area (Å²) in [6.45, 7) is 10.0. The van der Waals surface area contributed by atoms with Crippen LogP contribution in [0.2, 0.25) is 0 Å². The summed E-state index contributed by atoms with van der Waals surface area (Å²) in [5, 5.41) is 9.72. The van der Waals surface area contributed by atoms with Crippen LogP contribution in [0.5, 0.6) is 0 Å². The van der Waals surface area contributed by atoms with E-state index in [4.69, 9.17) is 4.74 Å². The molecule has 0 aromatic heterocycles. The molecule has 0 unspecified atom stereocenters. The van der Waals surface area contributed by atoms with Gasteiger partial charge in [-0.15, -0.1) is 0 Å². The fourth-order valence-electron chi connectivity index (χ4n) is 5.44. The van der Waals surface area contributed by atoms with Crippen LogP contribution in [-0.4, -0.2) is 94.0 Å². The van der Waals surface area contributed by atoms with Gasteiger partial charge in [-0.1, -0.05) is 12.1 Å². The third-order valence-corrected chi connectivity index (χ3v) is 7.29. The van der Waals surface area contributed by atoms with Crippen LogP contribution in [0.4, 0.5) is 9.18 Å². The number of carbonyl (C=O) groups is 1. The Kier molecular flexibility index (Phi) is 9.35. The van der Waals surface area contributed by atoms with Crippen LogP contribution < -0.4 is 16.0 Å². The van der Waals surface area contributed by atoms with Crippen molar-refractivity contribution in [2.24, 2.45) is 11.8 Å². The van der Waals surface area contributed by atoms with Gasteiger partial charge in [0, 0.05) is 51.9 Å². The smallest absolute Gasteiger partial charge is 0.315 e. The van der Waals surface area contributed by atoms with Gasteiger partial charge in [-0.05, 0) is 68.3 Å². The second-order valence-corrected chi connectivity index (χ2v) is 9.81. The van der Waals surface area contributed by atoms with E-state index in [1.807, 2.05) is 12.1 Å². The highest BCUT2D eigenvalue weighted by molar-refractivity contribution is 5.74. The van der Waals surface area contributed by atoms with E-state index in [1.54, 1.807) is 12.1 Å². The van der Waals surface area contributed by atoms with E-state index in [2.05, 4.69) is 25.8 Å². The number of rotatable bonds is 8. The number of urea groups is 1. The van der Waals surface area contributed by atoms with Gasteiger partial charge in [-0.25, -0.2) is 9.18 Å². The van der Waals surface area contributed by atoms with Crippen molar-refractivity contribution in [3.8, 4) is 0 Å². The molecule has 3 N–H and O–H groups in total. The van der Waals surface area contributed by atoms with Crippen LogP contribution in [0, 0.1) is 17.7 Å². The molecule has 33 heavy (non-hydrogen) atoms. The van der Waals surface area contributed by atoms with Gasteiger partial charge in [0.2, 0.25) is 0 Å². The Morgan fingerprint density at radius 2 is 1.94 bits per heavy atom. The zero-order valence-electron chi connectivity index (χ0n) is 19.7. The van der Waals surface area contributed by atoms with Crippen LogP contribution in [0.25, 0.3) is 0 Å². The molecule has 1 aromatic rings. The maximum absolute atomic E-state index is 13.2. The first-order valence-electron chi connectivity index (χ1n) is 12.7. The summed E-state index contributed by atoms with van der Waals surface area (Å²) in [4.78, 5) is 17.4. The predicted molar refractivity (Wildman–Crippen MR) is 128 cm³/mol. The SMILES string of the molecule is O=C(NCCN1CCOCC1)N[C@H]1CNCC[C@H]1CN1CCC[C@@H](Cc2ccc(F)cc2)C1. The topological polar surface area (TPSA) is 68.9 Å². The second-order valence-electron chi connectivity index (χ2n) is 9.81. The zero-order valence-corrected chi connectivity index (χ0v) is 19.7. The first-order valence-corrected chi connectivity index (χ1v) is 12.7. The molecule has 0 saturated carbocycles. The highest BCUT2D eigenvalue weighted by Crippen LogP contribution is 2.24. The normalized spacial score (nSPS) is 27.2. The molecule has 184 valence electrons. The Hall–Kier alpha value is -1.74. The fourth-order valence-corrected chi connectivity index (χ4v) is 5.44. The molecular weight excluding hydrogens is 421 g/mol. The average Bonchev–Trinajstić information content (AvgIpc) is 2.83. The van der Waals surface area contributed by atoms with Crippen molar-refractivity contribution in [2.45, 2.75) is 31.7 Å². The van der Waals surface area contributed by atoms with Gasteiger partial charge in [0.15, 0.2) is 0 Å². The minimum Gasteiger partial charge on any atom is -0.379 e. The molecule has 0 bridgehead atoms. The van der Waals surface area contributed by atoms with Crippen molar-refractivity contribution >= 4 is 6.03 Å². The first-order chi connectivity index (χ1) is 16.2. The van der Waals surface area contributed by atoms with Gasteiger partial charge in [-0.2, -0.15) is 0 Å². The molecular formula is C25H40FN5O2. The molecule has 3 heterocycles. The number of nitrogens with one attached hydrogen (secondary N) is 3. The fraction of sp³-hybridized carbons (Fsp3) is 0.720. The number of nitrogens with zero attached hydrogens (tertiary/aromatic N) is 2. The number of piperidine rings is 2.